The first-order valence-corrected chi connectivity index (χ1v) is 9.77. The topological polar surface area (TPSA) is 62.6 Å². The quantitative estimate of drug-likeness (QED) is 0.694. The molecule has 2 aromatic carbocycles. The van der Waals surface area contributed by atoms with Gasteiger partial charge in [0.15, 0.2) is 0 Å². The van der Waals surface area contributed by atoms with Crippen molar-refractivity contribution in [3.05, 3.63) is 64.5 Å². The molecule has 4 rings (SSSR count). The number of carbonyl (C=O) groups excluding carboxylic acids is 1. The van der Waals surface area contributed by atoms with E-state index in [9.17, 15) is 9.59 Å². The van der Waals surface area contributed by atoms with Crippen LogP contribution in [0.15, 0.2) is 57.7 Å². The Morgan fingerprint density at radius 1 is 1.04 bits per heavy atom. The number of hydrogen-bond acceptors (Lipinski definition) is 4. The standard InChI is InChI=1S/C23H24N2O3/c1-16-7-3-4-8-18(16)20-14-23(27)28-21-13-17(9-10-19(20)21)24-15-22(26)25-11-5-2-6-12-25/h3-4,7-10,13-14,24H,2,5-6,11-12,15H2,1H3. The van der Waals surface area contributed by atoms with E-state index in [0.717, 1.165) is 53.7 Å². The highest BCUT2D eigenvalue weighted by molar-refractivity contribution is 5.95. The minimum Gasteiger partial charge on any atom is -0.423 e. The number of carbonyl (C=O) groups is 1. The highest BCUT2D eigenvalue weighted by Gasteiger charge is 2.16. The molecule has 2 heterocycles. The van der Waals surface area contributed by atoms with Gasteiger partial charge in [-0.25, -0.2) is 4.79 Å². The van der Waals surface area contributed by atoms with Crippen LogP contribution < -0.4 is 10.9 Å². The van der Waals surface area contributed by atoms with Crippen molar-refractivity contribution in [1.82, 2.24) is 4.90 Å². The minimum absolute atomic E-state index is 0.106. The first-order chi connectivity index (χ1) is 13.6. The van der Waals surface area contributed by atoms with Crippen LogP contribution in [0, 0.1) is 6.92 Å². The lowest BCUT2D eigenvalue weighted by Crippen LogP contribution is -2.39. The van der Waals surface area contributed by atoms with Gasteiger partial charge in [-0.1, -0.05) is 24.3 Å². The van der Waals surface area contributed by atoms with Crippen LogP contribution in [0.2, 0.25) is 0 Å². The molecule has 144 valence electrons. The van der Waals surface area contributed by atoms with Crippen molar-refractivity contribution < 1.29 is 9.21 Å². The largest absolute Gasteiger partial charge is 0.423 e. The molecular weight excluding hydrogens is 352 g/mol. The lowest BCUT2D eigenvalue weighted by Gasteiger charge is -2.26. The fourth-order valence-corrected chi connectivity index (χ4v) is 3.80. The number of anilines is 1. The zero-order valence-corrected chi connectivity index (χ0v) is 16.0. The summed E-state index contributed by atoms with van der Waals surface area (Å²) in [5.74, 6) is 0.106. The Bertz CT molecular complexity index is 1060. The van der Waals surface area contributed by atoms with E-state index >= 15 is 0 Å². The lowest BCUT2D eigenvalue weighted by atomic mass is 9.98. The van der Waals surface area contributed by atoms with Crippen molar-refractivity contribution in [2.24, 2.45) is 0 Å². The molecule has 0 aliphatic carbocycles. The molecule has 0 radical (unpaired) electrons. The van der Waals surface area contributed by atoms with Crippen LogP contribution in [0.4, 0.5) is 5.69 Å². The second-order valence-corrected chi connectivity index (χ2v) is 7.30. The SMILES string of the molecule is Cc1ccccc1-c1cc(=O)oc2cc(NCC(=O)N3CCCCC3)ccc12. The monoisotopic (exact) mass is 376 g/mol. The predicted molar refractivity (Wildman–Crippen MR) is 112 cm³/mol. The molecule has 0 atom stereocenters. The summed E-state index contributed by atoms with van der Waals surface area (Å²) >= 11 is 0. The molecule has 0 spiro atoms. The number of rotatable bonds is 4. The number of hydrogen-bond donors (Lipinski definition) is 1. The van der Waals surface area contributed by atoms with E-state index in [1.54, 1.807) is 6.07 Å². The molecule has 1 aliphatic heterocycles. The Hall–Kier alpha value is -3.08. The third-order valence-corrected chi connectivity index (χ3v) is 5.33. The summed E-state index contributed by atoms with van der Waals surface area (Å²) in [6.07, 6.45) is 3.35. The molecule has 1 aromatic heterocycles. The molecule has 0 saturated carbocycles. The first-order valence-electron chi connectivity index (χ1n) is 9.77. The van der Waals surface area contributed by atoms with Gasteiger partial charge in [0, 0.05) is 41.9 Å². The van der Waals surface area contributed by atoms with E-state index in [2.05, 4.69) is 5.32 Å². The number of amides is 1. The molecule has 1 amide bonds. The summed E-state index contributed by atoms with van der Waals surface area (Å²) in [6, 6.07) is 15.2. The van der Waals surface area contributed by atoms with Gasteiger partial charge in [0.05, 0.1) is 6.54 Å². The third kappa shape index (κ3) is 3.79. The van der Waals surface area contributed by atoms with E-state index in [-0.39, 0.29) is 18.1 Å². The van der Waals surface area contributed by atoms with Crippen LogP contribution in [-0.4, -0.2) is 30.4 Å². The van der Waals surface area contributed by atoms with Crippen LogP contribution >= 0.6 is 0 Å². The van der Waals surface area contributed by atoms with Gasteiger partial charge in [0.1, 0.15) is 5.58 Å². The van der Waals surface area contributed by atoms with E-state index in [0.29, 0.717) is 5.58 Å². The van der Waals surface area contributed by atoms with E-state index < -0.39 is 0 Å². The molecule has 1 saturated heterocycles. The van der Waals surface area contributed by atoms with Crippen molar-refractivity contribution in [2.45, 2.75) is 26.2 Å². The number of nitrogens with zero attached hydrogens (tertiary/aromatic N) is 1. The first kappa shape index (κ1) is 18.3. The zero-order valence-electron chi connectivity index (χ0n) is 16.0. The number of nitrogens with one attached hydrogen (secondary N) is 1. The Labute approximate surface area is 164 Å². The summed E-state index contributed by atoms with van der Waals surface area (Å²) in [7, 11) is 0. The zero-order chi connectivity index (χ0) is 19.5. The summed E-state index contributed by atoms with van der Waals surface area (Å²) in [4.78, 5) is 26.4. The number of benzene rings is 2. The van der Waals surface area contributed by atoms with Crippen LogP contribution in [-0.2, 0) is 4.79 Å². The van der Waals surface area contributed by atoms with Crippen molar-refractivity contribution in [1.29, 1.82) is 0 Å². The van der Waals surface area contributed by atoms with Gasteiger partial charge in [0.25, 0.3) is 0 Å². The summed E-state index contributed by atoms with van der Waals surface area (Å²) < 4.78 is 5.44. The van der Waals surface area contributed by atoms with E-state index in [4.69, 9.17) is 4.42 Å². The van der Waals surface area contributed by atoms with Crippen molar-refractivity contribution in [3.63, 3.8) is 0 Å². The highest BCUT2D eigenvalue weighted by atomic mass is 16.4. The third-order valence-electron chi connectivity index (χ3n) is 5.33. The van der Waals surface area contributed by atoms with Gasteiger partial charge in [-0.05, 0) is 49.4 Å². The number of fused-ring (bicyclic) bond motifs is 1. The molecule has 5 nitrogen and oxygen atoms in total. The molecule has 1 fully saturated rings. The molecule has 5 heteroatoms. The average molecular weight is 376 g/mol. The van der Waals surface area contributed by atoms with Gasteiger partial charge < -0.3 is 14.6 Å². The van der Waals surface area contributed by atoms with Gasteiger partial charge in [-0.15, -0.1) is 0 Å². The van der Waals surface area contributed by atoms with Gasteiger partial charge in [0.2, 0.25) is 5.91 Å². The fraction of sp³-hybridized carbons (Fsp3) is 0.304. The Kier molecular flexibility index (Phi) is 5.15. The van der Waals surface area contributed by atoms with Crippen LogP contribution in [0.3, 0.4) is 0 Å². The fourth-order valence-electron chi connectivity index (χ4n) is 3.80. The number of aryl methyl sites for hydroxylation is 1. The molecule has 28 heavy (non-hydrogen) atoms. The molecule has 1 aliphatic rings. The average Bonchev–Trinajstić information content (AvgIpc) is 2.72. The van der Waals surface area contributed by atoms with Gasteiger partial charge >= 0.3 is 5.63 Å². The molecule has 0 unspecified atom stereocenters. The minimum atomic E-state index is -0.382. The Balaban J connectivity index is 1.60. The van der Waals surface area contributed by atoms with Crippen molar-refractivity contribution >= 4 is 22.6 Å². The summed E-state index contributed by atoms with van der Waals surface area (Å²) in [5.41, 5.74) is 3.88. The predicted octanol–water partition coefficient (Wildman–Crippen LogP) is 4.19. The van der Waals surface area contributed by atoms with Gasteiger partial charge in [-0.2, -0.15) is 0 Å². The molecule has 1 N–H and O–H groups in total. The van der Waals surface area contributed by atoms with Crippen molar-refractivity contribution in [3.8, 4) is 11.1 Å². The normalized spacial score (nSPS) is 14.2. The summed E-state index contributed by atoms with van der Waals surface area (Å²) in [5, 5.41) is 4.05. The Morgan fingerprint density at radius 3 is 2.61 bits per heavy atom. The highest BCUT2D eigenvalue weighted by Crippen LogP contribution is 2.30. The second-order valence-electron chi connectivity index (χ2n) is 7.30. The Morgan fingerprint density at radius 2 is 1.82 bits per heavy atom. The van der Waals surface area contributed by atoms with Crippen LogP contribution in [0.1, 0.15) is 24.8 Å². The maximum Gasteiger partial charge on any atom is 0.336 e. The van der Waals surface area contributed by atoms with Crippen molar-refractivity contribution in [2.75, 3.05) is 25.0 Å². The van der Waals surface area contributed by atoms with E-state index in [1.165, 1.54) is 12.5 Å². The maximum atomic E-state index is 12.4. The van der Waals surface area contributed by atoms with Gasteiger partial charge in [-0.3, -0.25) is 4.79 Å². The van der Waals surface area contributed by atoms with Crippen LogP contribution in [0.25, 0.3) is 22.1 Å². The van der Waals surface area contributed by atoms with E-state index in [1.807, 2.05) is 48.2 Å². The smallest absolute Gasteiger partial charge is 0.336 e. The lowest BCUT2D eigenvalue weighted by molar-refractivity contribution is -0.130. The second kappa shape index (κ2) is 7.89. The molecule has 0 bridgehead atoms. The van der Waals surface area contributed by atoms with Crippen LogP contribution in [0.5, 0.6) is 0 Å². The molecular formula is C23H24N2O3. The number of likely N-dealkylation sites (tertiary alicyclic amines) is 1. The number of piperidine rings is 1. The maximum absolute atomic E-state index is 12.4. The summed E-state index contributed by atoms with van der Waals surface area (Å²) in [6.45, 7) is 3.95. The molecule has 3 aromatic rings.